The lowest BCUT2D eigenvalue weighted by atomic mass is 9.74. The third kappa shape index (κ3) is 2.92. The van der Waals surface area contributed by atoms with Crippen LogP contribution in [0.5, 0.6) is 5.75 Å². The van der Waals surface area contributed by atoms with E-state index in [1.165, 1.54) is 0 Å². The van der Waals surface area contributed by atoms with Crippen LogP contribution in [0.15, 0.2) is 24.3 Å². The third-order valence-corrected chi connectivity index (χ3v) is 6.37. The number of fused-ring (bicyclic) bond motifs is 3. The molecule has 6 heteroatoms. The fraction of sp³-hybridized carbons (Fsp3) is 0.524. The number of hydrogen-bond donors (Lipinski definition) is 1. The number of hydrogen-bond acceptors (Lipinski definition) is 4. The zero-order valence-electron chi connectivity index (χ0n) is 16.2. The van der Waals surface area contributed by atoms with Gasteiger partial charge in [-0.15, -0.1) is 0 Å². The molecule has 2 aliphatic heterocycles. The number of amides is 1. The van der Waals surface area contributed by atoms with Gasteiger partial charge in [0.05, 0.1) is 24.3 Å². The number of aromatic nitrogens is 2. The van der Waals surface area contributed by atoms with Crippen molar-refractivity contribution < 1.29 is 14.6 Å². The molecule has 0 radical (unpaired) electrons. The molecule has 0 saturated carbocycles. The predicted octanol–water partition coefficient (Wildman–Crippen LogP) is 1.97. The Hall–Kier alpha value is -2.34. The van der Waals surface area contributed by atoms with Crippen molar-refractivity contribution in [3.05, 3.63) is 46.8 Å². The second kappa shape index (κ2) is 6.68. The molecule has 2 unspecified atom stereocenters. The van der Waals surface area contributed by atoms with Crippen LogP contribution in [0.1, 0.15) is 34.9 Å². The summed E-state index contributed by atoms with van der Waals surface area (Å²) >= 11 is 0. The minimum atomic E-state index is -0.399. The molecule has 1 aromatic carbocycles. The van der Waals surface area contributed by atoms with Crippen LogP contribution in [0.3, 0.4) is 0 Å². The molecule has 3 heterocycles. The fourth-order valence-corrected chi connectivity index (χ4v) is 4.63. The number of benzene rings is 1. The van der Waals surface area contributed by atoms with Gasteiger partial charge in [-0.2, -0.15) is 5.10 Å². The number of aliphatic hydroxyl groups is 1. The third-order valence-electron chi connectivity index (χ3n) is 6.37. The predicted molar refractivity (Wildman–Crippen MR) is 102 cm³/mol. The van der Waals surface area contributed by atoms with Gasteiger partial charge < -0.3 is 14.7 Å². The lowest BCUT2D eigenvalue weighted by Gasteiger charge is -2.37. The van der Waals surface area contributed by atoms with E-state index in [2.05, 4.69) is 11.2 Å². The number of likely N-dealkylation sites (tertiary alicyclic amines) is 1. The molecular weight excluding hydrogens is 342 g/mol. The topological polar surface area (TPSA) is 67.6 Å². The van der Waals surface area contributed by atoms with Gasteiger partial charge in [0.1, 0.15) is 5.75 Å². The Morgan fingerprint density at radius 2 is 2.15 bits per heavy atom. The Morgan fingerprint density at radius 1 is 1.37 bits per heavy atom. The monoisotopic (exact) mass is 369 g/mol. The molecule has 0 aliphatic carbocycles. The highest BCUT2D eigenvalue weighted by Crippen LogP contribution is 2.49. The highest BCUT2D eigenvalue weighted by atomic mass is 16.5. The summed E-state index contributed by atoms with van der Waals surface area (Å²) in [6.07, 6.45) is 1.16. The van der Waals surface area contributed by atoms with Crippen molar-refractivity contribution in [2.75, 3.05) is 26.3 Å². The summed E-state index contributed by atoms with van der Waals surface area (Å²) in [5.41, 5.74) is 3.97. The summed E-state index contributed by atoms with van der Waals surface area (Å²) in [5.74, 6) is 1.14. The molecule has 27 heavy (non-hydrogen) atoms. The van der Waals surface area contributed by atoms with Gasteiger partial charge in [0, 0.05) is 38.2 Å². The van der Waals surface area contributed by atoms with Crippen molar-refractivity contribution in [3.63, 3.8) is 0 Å². The Bertz CT molecular complexity index is 876. The first-order valence-electron chi connectivity index (χ1n) is 9.54. The molecule has 4 rings (SSSR count). The van der Waals surface area contributed by atoms with E-state index < -0.39 is 5.41 Å². The smallest absolute Gasteiger partial charge is 0.222 e. The summed E-state index contributed by atoms with van der Waals surface area (Å²) in [4.78, 5) is 14.8. The number of para-hydroxylation sites is 1. The van der Waals surface area contributed by atoms with Crippen molar-refractivity contribution in [2.24, 2.45) is 12.5 Å². The van der Waals surface area contributed by atoms with E-state index in [-0.39, 0.29) is 18.4 Å². The van der Waals surface area contributed by atoms with E-state index in [1.807, 2.05) is 48.7 Å². The van der Waals surface area contributed by atoms with Crippen molar-refractivity contribution in [1.82, 2.24) is 14.7 Å². The molecule has 6 nitrogen and oxygen atoms in total. The number of aryl methyl sites for hydroxylation is 2. The second-order valence-corrected chi connectivity index (χ2v) is 7.95. The molecule has 2 atom stereocenters. The lowest BCUT2D eigenvalue weighted by Crippen LogP contribution is -2.42. The fourth-order valence-electron chi connectivity index (χ4n) is 4.63. The van der Waals surface area contributed by atoms with Crippen LogP contribution >= 0.6 is 0 Å². The SMILES string of the molecule is Cc1nn(C)c(C)c1CCC(=O)N1CC2c3ccccc3OCC2(CO)C1. The van der Waals surface area contributed by atoms with Gasteiger partial charge in [0.2, 0.25) is 5.91 Å². The maximum absolute atomic E-state index is 12.9. The van der Waals surface area contributed by atoms with Crippen molar-refractivity contribution in [2.45, 2.75) is 32.6 Å². The van der Waals surface area contributed by atoms with Crippen LogP contribution in [0.25, 0.3) is 0 Å². The second-order valence-electron chi connectivity index (χ2n) is 7.95. The molecule has 2 aromatic rings. The number of rotatable bonds is 4. The first-order chi connectivity index (χ1) is 12.9. The molecule has 1 aromatic heterocycles. The number of aliphatic hydroxyl groups excluding tert-OH is 1. The van der Waals surface area contributed by atoms with E-state index in [1.54, 1.807) is 0 Å². The molecule has 2 aliphatic rings. The van der Waals surface area contributed by atoms with Crippen LogP contribution in [0.2, 0.25) is 0 Å². The highest BCUT2D eigenvalue weighted by Gasteiger charge is 2.51. The van der Waals surface area contributed by atoms with E-state index in [9.17, 15) is 9.90 Å². The first-order valence-corrected chi connectivity index (χ1v) is 9.54. The number of carbonyl (C=O) groups is 1. The minimum Gasteiger partial charge on any atom is -0.493 e. The summed E-state index contributed by atoms with van der Waals surface area (Å²) < 4.78 is 7.78. The van der Waals surface area contributed by atoms with Crippen LogP contribution < -0.4 is 4.74 Å². The van der Waals surface area contributed by atoms with Gasteiger partial charge in [0.25, 0.3) is 0 Å². The van der Waals surface area contributed by atoms with E-state index in [4.69, 9.17) is 4.74 Å². The molecule has 0 spiro atoms. The largest absolute Gasteiger partial charge is 0.493 e. The van der Waals surface area contributed by atoms with Crippen LogP contribution in [-0.4, -0.2) is 52.0 Å². The van der Waals surface area contributed by atoms with Gasteiger partial charge in [-0.1, -0.05) is 18.2 Å². The molecule has 1 saturated heterocycles. The average Bonchev–Trinajstić information content (AvgIpc) is 3.19. The van der Waals surface area contributed by atoms with Crippen LogP contribution in [0, 0.1) is 19.3 Å². The maximum atomic E-state index is 12.9. The number of nitrogens with zero attached hydrogens (tertiary/aromatic N) is 3. The van der Waals surface area contributed by atoms with Crippen LogP contribution in [-0.2, 0) is 18.3 Å². The summed E-state index contributed by atoms with van der Waals surface area (Å²) in [5, 5.41) is 14.6. The highest BCUT2D eigenvalue weighted by molar-refractivity contribution is 5.77. The Kier molecular flexibility index (Phi) is 4.46. The first kappa shape index (κ1) is 18.0. The summed E-state index contributed by atoms with van der Waals surface area (Å²) in [6, 6.07) is 7.98. The van der Waals surface area contributed by atoms with Crippen molar-refractivity contribution in [1.29, 1.82) is 0 Å². The minimum absolute atomic E-state index is 0.0244. The van der Waals surface area contributed by atoms with Gasteiger partial charge in [-0.05, 0) is 37.5 Å². The van der Waals surface area contributed by atoms with Crippen molar-refractivity contribution >= 4 is 5.91 Å². The van der Waals surface area contributed by atoms with E-state index >= 15 is 0 Å². The zero-order valence-corrected chi connectivity index (χ0v) is 16.2. The quantitative estimate of drug-likeness (QED) is 0.895. The van der Waals surface area contributed by atoms with E-state index in [0.717, 1.165) is 28.3 Å². The Morgan fingerprint density at radius 3 is 2.85 bits per heavy atom. The molecule has 144 valence electrons. The maximum Gasteiger partial charge on any atom is 0.222 e. The molecule has 1 fully saturated rings. The van der Waals surface area contributed by atoms with Gasteiger partial charge >= 0.3 is 0 Å². The van der Waals surface area contributed by atoms with Gasteiger partial charge in [-0.25, -0.2) is 0 Å². The van der Waals surface area contributed by atoms with E-state index in [0.29, 0.717) is 32.5 Å². The number of carbonyl (C=O) groups excluding carboxylic acids is 1. The van der Waals surface area contributed by atoms with Crippen LogP contribution in [0.4, 0.5) is 0 Å². The number of ether oxygens (including phenoxy) is 1. The van der Waals surface area contributed by atoms with Crippen molar-refractivity contribution in [3.8, 4) is 5.75 Å². The van der Waals surface area contributed by atoms with Gasteiger partial charge in [-0.3, -0.25) is 9.48 Å². The Labute approximate surface area is 159 Å². The molecule has 0 bridgehead atoms. The lowest BCUT2D eigenvalue weighted by molar-refractivity contribution is -0.130. The zero-order chi connectivity index (χ0) is 19.2. The Balaban J connectivity index is 1.50. The molecular formula is C21H27N3O3. The normalized spacial score (nSPS) is 23.7. The summed E-state index contributed by atoms with van der Waals surface area (Å²) in [6.45, 7) is 5.70. The average molecular weight is 369 g/mol. The molecule has 1 amide bonds. The standard InChI is InChI=1S/C21H27N3O3/c1-14-16(15(2)23(3)22-14)8-9-20(26)24-10-18-17-6-4-5-7-19(17)27-13-21(18,11-24)12-25/h4-7,18,25H,8-13H2,1-3H3. The summed E-state index contributed by atoms with van der Waals surface area (Å²) in [7, 11) is 1.93. The van der Waals surface area contributed by atoms with Gasteiger partial charge in [0.15, 0.2) is 0 Å². The molecule has 1 N–H and O–H groups in total.